The second-order valence-corrected chi connectivity index (χ2v) is 6.20. The SMILES string of the molecule is CC(=O)c1ccc(N2CC(C)OC(C)(C)C2)c(Cl)c1. The Labute approximate surface area is 119 Å². The molecule has 0 amide bonds. The maximum absolute atomic E-state index is 11.3. The fourth-order valence-corrected chi connectivity index (χ4v) is 2.92. The minimum atomic E-state index is -0.194. The van der Waals surface area contributed by atoms with Crippen molar-refractivity contribution in [2.24, 2.45) is 0 Å². The Morgan fingerprint density at radius 1 is 1.47 bits per heavy atom. The van der Waals surface area contributed by atoms with Crippen LogP contribution in [-0.4, -0.2) is 30.6 Å². The van der Waals surface area contributed by atoms with Gasteiger partial charge in [0.15, 0.2) is 5.78 Å². The lowest BCUT2D eigenvalue weighted by Crippen LogP contribution is -2.52. The molecule has 1 aliphatic heterocycles. The Morgan fingerprint density at radius 2 is 2.16 bits per heavy atom. The summed E-state index contributed by atoms with van der Waals surface area (Å²) in [5, 5.41) is 0.623. The number of carbonyl (C=O) groups excluding carboxylic acids is 1. The van der Waals surface area contributed by atoms with E-state index in [2.05, 4.69) is 25.7 Å². The zero-order valence-corrected chi connectivity index (χ0v) is 12.6. The van der Waals surface area contributed by atoms with Gasteiger partial charge in [0.05, 0.1) is 22.4 Å². The van der Waals surface area contributed by atoms with Gasteiger partial charge in [-0.3, -0.25) is 4.79 Å². The van der Waals surface area contributed by atoms with Crippen molar-refractivity contribution in [3.8, 4) is 0 Å². The summed E-state index contributed by atoms with van der Waals surface area (Å²) in [6.07, 6.45) is 0.160. The maximum atomic E-state index is 11.3. The molecule has 0 aliphatic carbocycles. The molecule has 104 valence electrons. The van der Waals surface area contributed by atoms with Crippen LogP contribution in [-0.2, 0) is 4.74 Å². The van der Waals surface area contributed by atoms with Crippen molar-refractivity contribution in [1.29, 1.82) is 0 Å². The number of nitrogens with zero attached hydrogens (tertiary/aromatic N) is 1. The van der Waals surface area contributed by atoms with Crippen LogP contribution < -0.4 is 4.90 Å². The topological polar surface area (TPSA) is 29.5 Å². The van der Waals surface area contributed by atoms with Crippen LogP contribution in [0.4, 0.5) is 5.69 Å². The zero-order chi connectivity index (χ0) is 14.2. The molecule has 3 nitrogen and oxygen atoms in total. The van der Waals surface area contributed by atoms with E-state index >= 15 is 0 Å². The van der Waals surface area contributed by atoms with Crippen LogP contribution in [0.1, 0.15) is 38.1 Å². The van der Waals surface area contributed by atoms with Gasteiger partial charge in [-0.05, 0) is 45.9 Å². The van der Waals surface area contributed by atoms with Gasteiger partial charge in [-0.15, -0.1) is 0 Å². The van der Waals surface area contributed by atoms with E-state index in [0.717, 1.165) is 18.8 Å². The standard InChI is InChI=1S/C15H20ClNO2/c1-10-8-17(9-15(3,4)19-10)14-6-5-12(11(2)18)7-13(14)16/h5-7,10H,8-9H2,1-4H3. The summed E-state index contributed by atoms with van der Waals surface area (Å²) < 4.78 is 5.89. The van der Waals surface area contributed by atoms with Crippen LogP contribution in [0.3, 0.4) is 0 Å². The number of ether oxygens (including phenoxy) is 1. The van der Waals surface area contributed by atoms with E-state index in [0.29, 0.717) is 10.6 Å². The number of hydrogen-bond acceptors (Lipinski definition) is 3. The van der Waals surface area contributed by atoms with Crippen molar-refractivity contribution >= 4 is 23.1 Å². The van der Waals surface area contributed by atoms with Crippen LogP contribution in [0, 0.1) is 0 Å². The third-order valence-electron chi connectivity index (χ3n) is 3.26. The first-order valence-corrected chi connectivity index (χ1v) is 6.89. The van der Waals surface area contributed by atoms with Gasteiger partial charge in [-0.2, -0.15) is 0 Å². The summed E-state index contributed by atoms with van der Waals surface area (Å²) in [4.78, 5) is 13.6. The second-order valence-electron chi connectivity index (χ2n) is 5.79. The Bertz CT molecular complexity index is 499. The van der Waals surface area contributed by atoms with Crippen LogP contribution in [0.2, 0.25) is 5.02 Å². The molecule has 1 heterocycles. The average Bonchev–Trinajstić information content (AvgIpc) is 2.25. The first-order chi connectivity index (χ1) is 8.78. The molecule has 0 N–H and O–H groups in total. The van der Waals surface area contributed by atoms with E-state index in [1.807, 2.05) is 12.1 Å². The van der Waals surface area contributed by atoms with E-state index in [1.54, 1.807) is 13.0 Å². The lowest BCUT2D eigenvalue weighted by molar-refractivity contribution is -0.0749. The van der Waals surface area contributed by atoms with Gasteiger partial charge in [0.25, 0.3) is 0 Å². The number of Topliss-reactive ketones (excluding diaryl/α,β-unsaturated/α-hetero) is 1. The normalized spacial score (nSPS) is 22.4. The number of anilines is 1. The van der Waals surface area contributed by atoms with Gasteiger partial charge >= 0.3 is 0 Å². The van der Waals surface area contributed by atoms with Crippen LogP contribution in [0.15, 0.2) is 18.2 Å². The highest BCUT2D eigenvalue weighted by Gasteiger charge is 2.32. The Balaban J connectivity index is 2.29. The van der Waals surface area contributed by atoms with E-state index in [-0.39, 0.29) is 17.5 Å². The molecule has 1 atom stereocenters. The summed E-state index contributed by atoms with van der Waals surface area (Å²) in [5.41, 5.74) is 1.42. The largest absolute Gasteiger partial charge is 0.369 e. The molecule has 19 heavy (non-hydrogen) atoms. The molecule has 1 fully saturated rings. The van der Waals surface area contributed by atoms with Crippen molar-refractivity contribution in [3.05, 3.63) is 28.8 Å². The molecule has 1 aromatic rings. The summed E-state index contributed by atoms with van der Waals surface area (Å²) >= 11 is 6.31. The van der Waals surface area contributed by atoms with E-state index < -0.39 is 0 Å². The lowest BCUT2D eigenvalue weighted by Gasteiger charge is -2.43. The maximum Gasteiger partial charge on any atom is 0.159 e. The summed E-state index contributed by atoms with van der Waals surface area (Å²) in [7, 11) is 0. The van der Waals surface area contributed by atoms with Gasteiger partial charge in [-0.1, -0.05) is 11.6 Å². The van der Waals surface area contributed by atoms with Gasteiger partial charge in [0, 0.05) is 18.7 Å². The second kappa shape index (κ2) is 5.14. The molecular formula is C15H20ClNO2. The Hall–Kier alpha value is -1.06. The molecule has 0 radical (unpaired) electrons. The first-order valence-electron chi connectivity index (χ1n) is 6.52. The fourth-order valence-electron chi connectivity index (χ4n) is 2.62. The number of rotatable bonds is 2. The molecule has 0 aromatic heterocycles. The predicted molar refractivity (Wildman–Crippen MR) is 78.3 cm³/mol. The molecular weight excluding hydrogens is 262 g/mol. The number of benzene rings is 1. The molecule has 0 saturated carbocycles. The third kappa shape index (κ3) is 3.28. The molecule has 4 heteroatoms. The summed E-state index contributed by atoms with van der Waals surface area (Å²) in [6, 6.07) is 5.50. The Kier molecular flexibility index (Phi) is 3.88. The Morgan fingerprint density at radius 3 is 2.68 bits per heavy atom. The van der Waals surface area contributed by atoms with Gasteiger partial charge in [-0.25, -0.2) is 0 Å². The molecule has 1 unspecified atom stereocenters. The number of ketones is 1. The zero-order valence-electron chi connectivity index (χ0n) is 11.9. The first kappa shape index (κ1) is 14.4. The molecule has 1 saturated heterocycles. The molecule has 0 spiro atoms. The monoisotopic (exact) mass is 281 g/mol. The van der Waals surface area contributed by atoms with Crippen molar-refractivity contribution < 1.29 is 9.53 Å². The molecule has 2 rings (SSSR count). The minimum Gasteiger partial charge on any atom is -0.369 e. The predicted octanol–water partition coefficient (Wildman–Crippen LogP) is 3.55. The van der Waals surface area contributed by atoms with Crippen LogP contribution >= 0.6 is 11.6 Å². The van der Waals surface area contributed by atoms with Crippen LogP contribution in [0.25, 0.3) is 0 Å². The van der Waals surface area contributed by atoms with Crippen molar-refractivity contribution in [2.75, 3.05) is 18.0 Å². The molecule has 0 bridgehead atoms. The fraction of sp³-hybridized carbons (Fsp3) is 0.533. The van der Waals surface area contributed by atoms with Crippen molar-refractivity contribution in [2.45, 2.75) is 39.4 Å². The van der Waals surface area contributed by atoms with Gasteiger partial charge < -0.3 is 9.64 Å². The number of halogens is 1. The van der Waals surface area contributed by atoms with E-state index in [4.69, 9.17) is 16.3 Å². The minimum absolute atomic E-state index is 0.0316. The third-order valence-corrected chi connectivity index (χ3v) is 3.57. The van der Waals surface area contributed by atoms with E-state index in [1.165, 1.54) is 0 Å². The number of hydrogen-bond donors (Lipinski definition) is 0. The quantitative estimate of drug-likeness (QED) is 0.777. The van der Waals surface area contributed by atoms with Gasteiger partial charge in [0.2, 0.25) is 0 Å². The number of morpholine rings is 1. The summed E-state index contributed by atoms with van der Waals surface area (Å²) in [5.74, 6) is 0.0316. The lowest BCUT2D eigenvalue weighted by atomic mass is 10.0. The summed E-state index contributed by atoms with van der Waals surface area (Å²) in [6.45, 7) is 9.36. The van der Waals surface area contributed by atoms with E-state index in [9.17, 15) is 4.79 Å². The van der Waals surface area contributed by atoms with Gasteiger partial charge in [0.1, 0.15) is 0 Å². The molecule has 1 aromatic carbocycles. The number of carbonyl (C=O) groups is 1. The highest BCUT2D eigenvalue weighted by molar-refractivity contribution is 6.33. The highest BCUT2D eigenvalue weighted by atomic mass is 35.5. The molecule has 1 aliphatic rings. The highest BCUT2D eigenvalue weighted by Crippen LogP contribution is 2.32. The average molecular weight is 282 g/mol. The van der Waals surface area contributed by atoms with Crippen molar-refractivity contribution in [1.82, 2.24) is 0 Å². The smallest absolute Gasteiger partial charge is 0.159 e. The van der Waals surface area contributed by atoms with Crippen LogP contribution in [0.5, 0.6) is 0 Å². The van der Waals surface area contributed by atoms with Crippen molar-refractivity contribution in [3.63, 3.8) is 0 Å².